The molecule has 2 atom stereocenters. The minimum Gasteiger partial charge on any atom is -0.353 e. The van der Waals surface area contributed by atoms with Crippen LogP contribution in [0.5, 0.6) is 0 Å². The van der Waals surface area contributed by atoms with Gasteiger partial charge in [-0.25, -0.2) is 19.6 Å². The number of hydrogen-bond acceptors (Lipinski definition) is 3. The van der Waals surface area contributed by atoms with Crippen molar-refractivity contribution in [3.63, 3.8) is 0 Å². The molecule has 0 bridgehead atoms. The molecule has 34 heavy (non-hydrogen) atoms. The van der Waals surface area contributed by atoms with E-state index >= 15 is 0 Å². The van der Waals surface area contributed by atoms with Gasteiger partial charge in [0.1, 0.15) is 11.6 Å². The van der Waals surface area contributed by atoms with Gasteiger partial charge in [-0.05, 0) is 54.8 Å². The van der Waals surface area contributed by atoms with Crippen molar-refractivity contribution >= 4 is 11.9 Å². The summed E-state index contributed by atoms with van der Waals surface area (Å²) in [4.78, 5) is 16.7. The zero-order chi connectivity index (χ0) is 24.3. The zero-order valence-electron chi connectivity index (χ0n) is 18.1. The van der Waals surface area contributed by atoms with E-state index in [9.17, 15) is 26.7 Å². The van der Waals surface area contributed by atoms with Gasteiger partial charge in [0.15, 0.2) is 0 Å². The molecule has 2 aliphatic rings. The lowest BCUT2D eigenvalue weighted by Gasteiger charge is -2.20. The van der Waals surface area contributed by atoms with Gasteiger partial charge in [-0.15, -0.1) is 0 Å². The summed E-state index contributed by atoms with van der Waals surface area (Å²) in [6.07, 6.45) is -0.660. The molecule has 1 saturated heterocycles. The number of halogens is 5. The maximum absolute atomic E-state index is 13.6. The van der Waals surface area contributed by atoms with Crippen LogP contribution in [0.1, 0.15) is 59.6 Å². The summed E-state index contributed by atoms with van der Waals surface area (Å²) in [6.45, 7) is 0. The van der Waals surface area contributed by atoms with Gasteiger partial charge in [-0.3, -0.25) is 4.79 Å². The van der Waals surface area contributed by atoms with Crippen molar-refractivity contribution in [2.45, 2.75) is 56.5 Å². The molecule has 2 fully saturated rings. The third kappa shape index (κ3) is 6.09. The summed E-state index contributed by atoms with van der Waals surface area (Å²) < 4.78 is 65.5. The molecule has 2 aromatic rings. The van der Waals surface area contributed by atoms with Crippen molar-refractivity contribution in [2.24, 2.45) is 4.99 Å². The molecule has 2 aromatic carbocycles. The Morgan fingerprint density at radius 3 is 2.21 bits per heavy atom. The molecule has 2 unspecified atom stereocenters. The van der Waals surface area contributed by atoms with Crippen molar-refractivity contribution in [1.29, 1.82) is 0 Å². The van der Waals surface area contributed by atoms with Crippen LogP contribution >= 0.6 is 0 Å². The van der Waals surface area contributed by atoms with Gasteiger partial charge >= 0.3 is 6.18 Å². The van der Waals surface area contributed by atoms with Gasteiger partial charge in [-0.1, -0.05) is 12.8 Å². The van der Waals surface area contributed by atoms with E-state index in [1.54, 1.807) is 0 Å². The first-order valence-electron chi connectivity index (χ1n) is 11.0. The molecule has 6 nitrogen and oxygen atoms in total. The van der Waals surface area contributed by atoms with Gasteiger partial charge in [-0.2, -0.15) is 18.2 Å². The van der Waals surface area contributed by atoms with Crippen LogP contribution in [0.2, 0.25) is 0 Å². The number of amides is 1. The highest BCUT2D eigenvalue weighted by Crippen LogP contribution is 2.29. The highest BCUT2D eigenvalue weighted by Gasteiger charge is 2.31. The molecule has 4 N–H and O–H groups in total. The molecule has 0 radical (unpaired) electrons. The summed E-state index contributed by atoms with van der Waals surface area (Å²) in [5.41, 5.74) is 5.53. The Bertz CT molecular complexity index is 1030. The predicted octanol–water partition coefficient (Wildman–Crippen LogP) is 4.17. The number of carbonyl (C=O) groups is 1. The number of hydrogen-bond donors (Lipinski definition) is 4. The molecule has 1 amide bonds. The van der Waals surface area contributed by atoms with Crippen LogP contribution in [0.4, 0.5) is 22.0 Å². The van der Waals surface area contributed by atoms with E-state index in [1.807, 2.05) is 0 Å². The van der Waals surface area contributed by atoms with Crippen molar-refractivity contribution < 1.29 is 26.7 Å². The van der Waals surface area contributed by atoms with Crippen LogP contribution in [0.15, 0.2) is 47.5 Å². The predicted molar refractivity (Wildman–Crippen MR) is 116 cm³/mol. The molecule has 1 aliphatic heterocycles. The second-order valence-electron chi connectivity index (χ2n) is 8.44. The summed E-state index contributed by atoms with van der Waals surface area (Å²) >= 11 is 0. The number of nitrogens with zero attached hydrogens (tertiary/aromatic N) is 1. The van der Waals surface area contributed by atoms with Crippen LogP contribution in [-0.4, -0.2) is 24.1 Å². The van der Waals surface area contributed by atoms with Crippen LogP contribution < -0.4 is 21.5 Å². The molecule has 4 rings (SSSR count). The fraction of sp³-hybridized carbons (Fsp3) is 0.391. The maximum Gasteiger partial charge on any atom is 0.416 e. The highest BCUT2D eigenvalue weighted by atomic mass is 19.4. The Kier molecular flexibility index (Phi) is 7.13. The van der Waals surface area contributed by atoms with Crippen LogP contribution in [0.25, 0.3) is 0 Å². The summed E-state index contributed by atoms with van der Waals surface area (Å²) in [6, 6.07) is 6.85. The summed E-state index contributed by atoms with van der Waals surface area (Å²) in [5.74, 6) is -1.88. The number of guanidine groups is 1. The molecular weight excluding hydrogens is 457 g/mol. The van der Waals surface area contributed by atoms with Gasteiger partial charge in [0.25, 0.3) is 5.91 Å². The quantitative estimate of drug-likeness (QED) is 0.300. The van der Waals surface area contributed by atoms with Gasteiger partial charge < -0.3 is 10.6 Å². The molecular formula is C23H24F5N5O. The van der Waals surface area contributed by atoms with E-state index in [2.05, 4.69) is 26.5 Å². The summed E-state index contributed by atoms with van der Waals surface area (Å²) in [5, 5.41) is 6.29. The zero-order valence-corrected chi connectivity index (χ0v) is 18.1. The number of aliphatic imine (C=N–C) groups is 1. The van der Waals surface area contributed by atoms with Gasteiger partial charge in [0.05, 0.1) is 11.7 Å². The fourth-order valence-electron chi connectivity index (χ4n) is 4.15. The molecule has 0 spiro atoms. The van der Waals surface area contributed by atoms with Crippen molar-refractivity contribution in [2.75, 3.05) is 0 Å². The van der Waals surface area contributed by atoms with Crippen molar-refractivity contribution in [1.82, 2.24) is 21.5 Å². The number of rotatable bonds is 4. The topological polar surface area (TPSA) is 77.5 Å². The summed E-state index contributed by atoms with van der Waals surface area (Å²) in [7, 11) is 0. The van der Waals surface area contributed by atoms with E-state index in [1.165, 1.54) is 12.1 Å². The largest absolute Gasteiger partial charge is 0.416 e. The number of benzene rings is 2. The monoisotopic (exact) mass is 481 g/mol. The number of nitrogens with one attached hydrogen (secondary N) is 4. The van der Waals surface area contributed by atoms with E-state index in [0.717, 1.165) is 56.0 Å². The minimum atomic E-state index is -4.50. The lowest BCUT2D eigenvalue weighted by molar-refractivity contribution is -0.137. The molecule has 1 heterocycles. The lowest BCUT2D eigenvalue weighted by Crippen LogP contribution is -2.51. The Hall–Kier alpha value is -3.05. The number of alkyl halides is 3. The highest BCUT2D eigenvalue weighted by molar-refractivity contribution is 6.02. The Morgan fingerprint density at radius 2 is 1.59 bits per heavy atom. The van der Waals surface area contributed by atoms with Crippen LogP contribution in [-0.2, 0) is 6.18 Å². The molecule has 0 aromatic heterocycles. The lowest BCUT2D eigenvalue weighted by atomic mass is 10.0. The Morgan fingerprint density at radius 1 is 0.941 bits per heavy atom. The number of carbonyl (C=O) groups excluding carboxylic acids is 1. The van der Waals surface area contributed by atoms with Gasteiger partial charge in [0, 0.05) is 30.1 Å². The molecule has 1 aliphatic carbocycles. The molecule has 11 heteroatoms. The standard InChI is InChI=1S/C23H24F5N5O/c24-16-9-14(10-17(25)11-16)19-12-20(33-32-19)30-22(29-18-3-1-2-4-18)31-21(34)13-5-7-15(8-6-13)23(26,27)28/h5-11,18-20,32-33H,1-4,12H2,(H2,29,30,31,34). The first kappa shape index (κ1) is 24.1. The first-order valence-corrected chi connectivity index (χ1v) is 11.0. The van der Waals surface area contributed by atoms with E-state index in [0.29, 0.717) is 12.0 Å². The van der Waals surface area contributed by atoms with Crippen LogP contribution in [0.3, 0.4) is 0 Å². The second kappa shape index (κ2) is 10.1. The fourth-order valence-corrected chi connectivity index (χ4v) is 4.15. The van der Waals surface area contributed by atoms with E-state index < -0.39 is 35.4 Å². The molecule has 1 saturated carbocycles. The van der Waals surface area contributed by atoms with E-state index in [-0.39, 0.29) is 23.6 Å². The smallest absolute Gasteiger partial charge is 0.353 e. The average molecular weight is 481 g/mol. The third-order valence-electron chi connectivity index (χ3n) is 5.87. The average Bonchev–Trinajstić information content (AvgIpc) is 3.45. The first-order chi connectivity index (χ1) is 16.2. The Labute approximate surface area is 193 Å². The molecule has 182 valence electrons. The normalized spacial score (nSPS) is 21.6. The van der Waals surface area contributed by atoms with Crippen LogP contribution in [0, 0.1) is 11.6 Å². The number of hydrazine groups is 1. The van der Waals surface area contributed by atoms with Gasteiger partial charge in [0.2, 0.25) is 5.96 Å². The SMILES string of the molecule is O=C(/N=C(/NC1CCCC1)NC1CC(c2cc(F)cc(F)c2)NN1)c1ccc(C(F)(F)F)cc1. The van der Waals surface area contributed by atoms with Crippen molar-refractivity contribution in [3.05, 3.63) is 70.8 Å². The third-order valence-corrected chi connectivity index (χ3v) is 5.87. The second-order valence-corrected chi connectivity index (χ2v) is 8.44. The minimum absolute atomic E-state index is 0.0196. The maximum atomic E-state index is 13.6. The Balaban J connectivity index is 1.47. The van der Waals surface area contributed by atoms with Crippen molar-refractivity contribution in [3.8, 4) is 0 Å². The van der Waals surface area contributed by atoms with E-state index in [4.69, 9.17) is 0 Å².